The van der Waals surface area contributed by atoms with Gasteiger partial charge in [-0.15, -0.1) is 0 Å². The molecule has 0 fully saturated rings. The van der Waals surface area contributed by atoms with Crippen LogP contribution in [-0.4, -0.2) is 0 Å². The summed E-state index contributed by atoms with van der Waals surface area (Å²) in [4.78, 5) is 0. The SMILES string of the molecule is CC(C)CCc1ccc(C(C)C)c(Cl)c1. The fourth-order valence-electron chi connectivity index (χ4n) is 1.65. The van der Waals surface area contributed by atoms with Gasteiger partial charge in [-0.3, -0.25) is 0 Å². The third kappa shape index (κ3) is 3.87. The van der Waals surface area contributed by atoms with Crippen LogP contribution in [0.3, 0.4) is 0 Å². The van der Waals surface area contributed by atoms with E-state index in [0.29, 0.717) is 5.92 Å². The van der Waals surface area contributed by atoms with Crippen LogP contribution in [0, 0.1) is 5.92 Å². The summed E-state index contributed by atoms with van der Waals surface area (Å²) in [5.74, 6) is 1.27. The third-order valence-electron chi connectivity index (χ3n) is 2.70. The van der Waals surface area contributed by atoms with Crippen molar-refractivity contribution in [2.45, 2.75) is 46.5 Å². The molecule has 0 bridgehead atoms. The molecular weight excluding hydrogens is 204 g/mol. The van der Waals surface area contributed by atoms with E-state index in [1.165, 1.54) is 17.5 Å². The highest BCUT2D eigenvalue weighted by Crippen LogP contribution is 2.25. The molecule has 0 radical (unpaired) electrons. The highest BCUT2D eigenvalue weighted by Gasteiger charge is 2.05. The zero-order chi connectivity index (χ0) is 11.4. The molecule has 15 heavy (non-hydrogen) atoms. The molecule has 0 spiro atoms. The van der Waals surface area contributed by atoms with Crippen LogP contribution in [0.2, 0.25) is 5.02 Å². The Hall–Kier alpha value is -0.490. The van der Waals surface area contributed by atoms with Crippen molar-refractivity contribution in [3.8, 4) is 0 Å². The van der Waals surface area contributed by atoms with E-state index in [1.54, 1.807) is 0 Å². The fourth-order valence-corrected chi connectivity index (χ4v) is 2.07. The largest absolute Gasteiger partial charge is 0.0840 e. The Kier molecular flexibility index (Phi) is 4.66. The summed E-state index contributed by atoms with van der Waals surface area (Å²) in [6.45, 7) is 8.86. The molecule has 0 aliphatic heterocycles. The van der Waals surface area contributed by atoms with Gasteiger partial charge in [0.1, 0.15) is 0 Å². The molecule has 0 atom stereocenters. The summed E-state index contributed by atoms with van der Waals surface area (Å²) in [7, 11) is 0. The molecule has 84 valence electrons. The predicted molar refractivity (Wildman–Crippen MR) is 68.7 cm³/mol. The molecule has 0 aliphatic carbocycles. The molecule has 0 saturated heterocycles. The molecule has 1 aromatic rings. The number of hydrogen-bond donors (Lipinski definition) is 0. The van der Waals surface area contributed by atoms with E-state index < -0.39 is 0 Å². The highest BCUT2D eigenvalue weighted by atomic mass is 35.5. The third-order valence-corrected chi connectivity index (χ3v) is 3.02. The van der Waals surface area contributed by atoms with Crippen molar-refractivity contribution in [3.05, 3.63) is 34.3 Å². The average Bonchev–Trinajstić information content (AvgIpc) is 2.14. The molecule has 0 aromatic heterocycles. The van der Waals surface area contributed by atoms with Gasteiger partial charge in [0.15, 0.2) is 0 Å². The lowest BCUT2D eigenvalue weighted by Crippen LogP contribution is -1.94. The first-order chi connectivity index (χ1) is 7.00. The Labute approximate surface area is 98.7 Å². The van der Waals surface area contributed by atoms with Crippen molar-refractivity contribution < 1.29 is 0 Å². The molecule has 1 rings (SSSR count). The van der Waals surface area contributed by atoms with Crippen molar-refractivity contribution in [3.63, 3.8) is 0 Å². The highest BCUT2D eigenvalue weighted by molar-refractivity contribution is 6.31. The van der Waals surface area contributed by atoms with Crippen molar-refractivity contribution in [2.75, 3.05) is 0 Å². The lowest BCUT2D eigenvalue weighted by molar-refractivity contribution is 0.586. The van der Waals surface area contributed by atoms with Crippen molar-refractivity contribution in [2.24, 2.45) is 5.92 Å². The van der Waals surface area contributed by atoms with Gasteiger partial charge in [-0.2, -0.15) is 0 Å². The van der Waals surface area contributed by atoms with Gasteiger partial charge in [0.25, 0.3) is 0 Å². The van der Waals surface area contributed by atoms with E-state index in [1.807, 2.05) is 0 Å². The van der Waals surface area contributed by atoms with Crippen LogP contribution in [0.5, 0.6) is 0 Å². The van der Waals surface area contributed by atoms with Crippen LogP contribution in [-0.2, 0) is 6.42 Å². The van der Waals surface area contributed by atoms with Gasteiger partial charge in [0.2, 0.25) is 0 Å². The summed E-state index contributed by atoms with van der Waals surface area (Å²) in [5.41, 5.74) is 2.61. The van der Waals surface area contributed by atoms with Crippen LogP contribution in [0.15, 0.2) is 18.2 Å². The van der Waals surface area contributed by atoms with Gasteiger partial charge in [-0.1, -0.05) is 51.4 Å². The first kappa shape index (κ1) is 12.6. The molecule has 0 N–H and O–H groups in total. The van der Waals surface area contributed by atoms with Crippen molar-refractivity contribution in [1.29, 1.82) is 0 Å². The minimum atomic E-state index is 0.511. The van der Waals surface area contributed by atoms with E-state index in [4.69, 9.17) is 11.6 Å². The van der Waals surface area contributed by atoms with Crippen LogP contribution in [0.1, 0.15) is 51.2 Å². The van der Waals surface area contributed by atoms with Gasteiger partial charge < -0.3 is 0 Å². The van der Waals surface area contributed by atoms with Gasteiger partial charge in [0, 0.05) is 5.02 Å². The number of halogens is 1. The normalized spacial score (nSPS) is 11.4. The summed E-state index contributed by atoms with van der Waals surface area (Å²) in [6.07, 6.45) is 2.37. The van der Waals surface area contributed by atoms with E-state index in [2.05, 4.69) is 45.9 Å². The van der Waals surface area contributed by atoms with Gasteiger partial charge in [-0.25, -0.2) is 0 Å². The number of benzene rings is 1. The summed E-state index contributed by atoms with van der Waals surface area (Å²) in [5, 5.41) is 0.922. The molecule has 0 heterocycles. The first-order valence-corrected chi connectivity index (χ1v) is 6.16. The fraction of sp³-hybridized carbons (Fsp3) is 0.571. The van der Waals surface area contributed by atoms with Crippen LogP contribution < -0.4 is 0 Å². The van der Waals surface area contributed by atoms with E-state index >= 15 is 0 Å². The maximum absolute atomic E-state index is 6.24. The summed E-state index contributed by atoms with van der Waals surface area (Å²) >= 11 is 6.24. The lowest BCUT2D eigenvalue weighted by Gasteiger charge is -2.10. The smallest absolute Gasteiger partial charge is 0.0443 e. The van der Waals surface area contributed by atoms with Crippen LogP contribution >= 0.6 is 11.6 Å². The maximum Gasteiger partial charge on any atom is 0.0443 e. The molecule has 0 unspecified atom stereocenters. The Morgan fingerprint density at radius 2 is 1.80 bits per heavy atom. The molecule has 1 aromatic carbocycles. The second-order valence-corrected chi connectivity index (χ2v) is 5.35. The van der Waals surface area contributed by atoms with Gasteiger partial charge in [0.05, 0.1) is 0 Å². The maximum atomic E-state index is 6.24. The molecule has 0 amide bonds. The number of hydrogen-bond acceptors (Lipinski definition) is 0. The minimum Gasteiger partial charge on any atom is -0.0840 e. The quantitative estimate of drug-likeness (QED) is 0.671. The topological polar surface area (TPSA) is 0 Å². The minimum absolute atomic E-state index is 0.511. The Morgan fingerprint density at radius 3 is 2.27 bits per heavy atom. The first-order valence-electron chi connectivity index (χ1n) is 5.79. The predicted octanol–water partition coefficient (Wildman–Crippen LogP) is 5.05. The molecular formula is C14H21Cl. The zero-order valence-electron chi connectivity index (χ0n) is 10.2. The molecule has 0 nitrogen and oxygen atoms in total. The monoisotopic (exact) mass is 224 g/mol. The summed E-state index contributed by atoms with van der Waals surface area (Å²) in [6, 6.07) is 6.51. The van der Waals surface area contributed by atoms with E-state index in [-0.39, 0.29) is 0 Å². The molecule has 1 heteroatoms. The lowest BCUT2D eigenvalue weighted by atomic mass is 9.98. The second-order valence-electron chi connectivity index (χ2n) is 4.94. The number of aryl methyl sites for hydroxylation is 1. The number of rotatable bonds is 4. The van der Waals surface area contributed by atoms with Crippen molar-refractivity contribution in [1.82, 2.24) is 0 Å². The Balaban J connectivity index is 2.73. The van der Waals surface area contributed by atoms with Gasteiger partial charge in [-0.05, 0) is 41.9 Å². The zero-order valence-corrected chi connectivity index (χ0v) is 10.9. The van der Waals surface area contributed by atoms with Crippen LogP contribution in [0.4, 0.5) is 0 Å². The average molecular weight is 225 g/mol. The van der Waals surface area contributed by atoms with Crippen molar-refractivity contribution >= 4 is 11.6 Å². The molecule has 0 aliphatic rings. The Morgan fingerprint density at radius 1 is 1.13 bits per heavy atom. The van der Waals surface area contributed by atoms with Gasteiger partial charge >= 0.3 is 0 Å². The van der Waals surface area contributed by atoms with E-state index in [9.17, 15) is 0 Å². The summed E-state index contributed by atoms with van der Waals surface area (Å²) < 4.78 is 0. The Bertz CT molecular complexity index is 313. The van der Waals surface area contributed by atoms with E-state index in [0.717, 1.165) is 17.4 Å². The van der Waals surface area contributed by atoms with Crippen LogP contribution in [0.25, 0.3) is 0 Å². The standard InChI is InChI=1S/C14H21Cl/c1-10(2)5-6-12-7-8-13(11(3)4)14(15)9-12/h7-11H,5-6H2,1-4H3. The molecule has 0 saturated carbocycles. The second kappa shape index (κ2) is 5.55.